The van der Waals surface area contributed by atoms with Crippen LogP contribution >= 0.6 is 0 Å². The second-order valence-corrected chi connectivity index (χ2v) is 8.19. The fourth-order valence-electron chi connectivity index (χ4n) is 4.63. The van der Waals surface area contributed by atoms with Gasteiger partial charge in [0, 0.05) is 64.9 Å². The molecule has 3 saturated heterocycles. The van der Waals surface area contributed by atoms with Crippen molar-refractivity contribution < 1.29 is 14.3 Å². The van der Waals surface area contributed by atoms with Crippen molar-refractivity contribution in [3.8, 4) is 0 Å². The van der Waals surface area contributed by atoms with Gasteiger partial charge in [0.1, 0.15) is 0 Å². The predicted octanol–water partition coefficient (Wildman–Crippen LogP) is 1.40. The van der Waals surface area contributed by atoms with Crippen LogP contribution in [-0.2, 0) is 20.7 Å². The molecule has 1 aromatic carbocycles. The van der Waals surface area contributed by atoms with E-state index < -0.39 is 0 Å². The van der Waals surface area contributed by atoms with E-state index in [9.17, 15) is 9.59 Å². The van der Waals surface area contributed by atoms with Crippen molar-refractivity contribution >= 4 is 11.8 Å². The molecule has 1 aromatic rings. The van der Waals surface area contributed by atoms with Gasteiger partial charge in [-0.25, -0.2) is 0 Å². The first kappa shape index (κ1) is 19.4. The molecule has 0 spiro atoms. The van der Waals surface area contributed by atoms with Gasteiger partial charge in [0.05, 0.1) is 5.92 Å². The van der Waals surface area contributed by atoms with E-state index in [0.29, 0.717) is 13.0 Å². The maximum atomic E-state index is 13.0. The largest absolute Gasteiger partial charge is 0.381 e. The molecule has 1 atom stereocenters. The molecule has 6 heteroatoms. The van der Waals surface area contributed by atoms with Crippen LogP contribution in [0.1, 0.15) is 24.8 Å². The average molecular weight is 386 g/mol. The van der Waals surface area contributed by atoms with Gasteiger partial charge in [-0.15, -0.1) is 0 Å². The lowest BCUT2D eigenvalue weighted by Gasteiger charge is -2.36. The molecule has 4 rings (SSSR count). The van der Waals surface area contributed by atoms with Gasteiger partial charge in [0.2, 0.25) is 11.8 Å². The van der Waals surface area contributed by atoms with E-state index in [0.717, 1.165) is 65.2 Å². The molecule has 0 aromatic heterocycles. The van der Waals surface area contributed by atoms with Gasteiger partial charge >= 0.3 is 0 Å². The highest BCUT2D eigenvalue weighted by molar-refractivity contribution is 5.89. The number of benzene rings is 1. The van der Waals surface area contributed by atoms with Crippen LogP contribution in [-0.4, -0.2) is 85.0 Å². The molecule has 0 radical (unpaired) electrons. The Morgan fingerprint density at radius 2 is 1.75 bits per heavy atom. The van der Waals surface area contributed by atoms with Gasteiger partial charge in [-0.3, -0.25) is 14.5 Å². The summed E-state index contributed by atoms with van der Waals surface area (Å²) in [5, 5.41) is 0. The quantitative estimate of drug-likeness (QED) is 0.769. The van der Waals surface area contributed by atoms with Crippen LogP contribution in [0, 0.1) is 5.92 Å². The molecule has 28 heavy (non-hydrogen) atoms. The zero-order valence-corrected chi connectivity index (χ0v) is 16.6. The van der Waals surface area contributed by atoms with Crippen LogP contribution < -0.4 is 0 Å². The molecular formula is C22H31N3O3. The van der Waals surface area contributed by atoms with E-state index in [4.69, 9.17) is 4.74 Å². The first-order valence-electron chi connectivity index (χ1n) is 10.6. The Morgan fingerprint density at radius 3 is 2.46 bits per heavy atom. The van der Waals surface area contributed by atoms with E-state index in [2.05, 4.69) is 29.2 Å². The topological polar surface area (TPSA) is 53.1 Å². The third-order valence-corrected chi connectivity index (χ3v) is 6.38. The van der Waals surface area contributed by atoms with E-state index in [1.165, 1.54) is 5.56 Å². The van der Waals surface area contributed by atoms with Crippen molar-refractivity contribution in [1.29, 1.82) is 0 Å². The first-order valence-corrected chi connectivity index (χ1v) is 10.6. The number of rotatable bonds is 5. The maximum Gasteiger partial charge on any atom is 0.228 e. The number of likely N-dealkylation sites (tertiary alicyclic amines) is 1. The average Bonchev–Trinajstić information content (AvgIpc) is 3.15. The summed E-state index contributed by atoms with van der Waals surface area (Å²) in [6.45, 7) is 6.45. The third kappa shape index (κ3) is 4.55. The van der Waals surface area contributed by atoms with E-state index in [1.54, 1.807) is 0 Å². The van der Waals surface area contributed by atoms with Gasteiger partial charge in [0.15, 0.2) is 0 Å². The Labute approximate surface area is 167 Å². The van der Waals surface area contributed by atoms with Gasteiger partial charge in [0.25, 0.3) is 0 Å². The van der Waals surface area contributed by atoms with Crippen molar-refractivity contribution in [3.05, 3.63) is 35.9 Å². The van der Waals surface area contributed by atoms with Crippen molar-refractivity contribution in [2.45, 2.75) is 31.7 Å². The molecule has 3 heterocycles. The molecule has 3 aliphatic rings. The molecule has 6 nitrogen and oxygen atoms in total. The highest BCUT2D eigenvalue weighted by Gasteiger charge is 2.40. The highest BCUT2D eigenvalue weighted by Crippen LogP contribution is 2.26. The number of hydrogen-bond donors (Lipinski definition) is 0. The van der Waals surface area contributed by atoms with Crippen LogP contribution in [0.2, 0.25) is 0 Å². The summed E-state index contributed by atoms with van der Waals surface area (Å²) in [6, 6.07) is 10.8. The number of piperazine rings is 1. The van der Waals surface area contributed by atoms with Gasteiger partial charge in [-0.1, -0.05) is 30.3 Å². The number of nitrogens with zero attached hydrogens (tertiary/aromatic N) is 3. The maximum absolute atomic E-state index is 13.0. The number of hydrogen-bond acceptors (Lipinski definition) is 4. The van der Waals surface area contributed by atoms with E-state index in [-0.39, 0.29) is 23.8 Å². The SMILES string of the molecule is O=C(C1CC(=O)N(C2CCOCC2)C1)N1CCN(CCc2ccccc2)CC1. The van der Waals surface area contributed by atoms with Crippen molar-refractivity contribution in [3.63, 3.8) is 0 Å². The lowest BCUT2D eigenvalue weighted by molar-refractivity contribution is -0.137. The summed E-state index contributed by atoms with van der Waals surface area (Å²) in [7, 11) is 0. The lowest BCUT2D eigenvalue weighted by Crippen LogP contribution is -2.51. The molecule has 1 unspecified atom stereocenters. The fraction of sp³-hybridized carbons (Fsp3) is 0.636. The van der Waals surface area contributed by atoms with Crippen LogP contribution in [0.3, 0.4) is 0 Å². The lowest BCUT2D eigenvalue weighted by atomic mass is 10.1. The number of amides is 2. The summed E-state index contributed by atoms with van der Waals surface area (Å²) >= 11 is 0. The predicted molar refractivity (Wildman–Crippen MR) is 107 cm³/mol. The monoisotopic (exact) mass is 385 g/mol. The number of carbonyl (C=O) groups is 2. The van der Waals surface area contributed by atoms with Crippen molar-refractivity contribution in [2.24, 2.45) is 5.92 Å². The molecule has 2 amide bonds. The minimum atomic E-state index is -0.161. The van der Waals surface area contributed by atoms with Crippen molar-refractivity contribution in [1.82, 2.24) is 14.7 Å². The summed E-state index contributed by atoms with van der Waals surface area (Å²) in [6.07, 6.45) is 3.22. The Bertz CT molecular complexity index is 667. The number of carbonyl (C=O) groups excluding carboxylic acids is 2. The second kappa shape index (κ2) is 9.05. The van der Waals surface area contributed by atoms with Gasteiger partial charge in [-0.2, -0.15) is 0 Å². The normalized spacial score (nSPS) is 24.7. The zero-order valence-electron chi connectivity index (χ0n) is 16.6. The third-order valence-electron chi connectivity index (χ3n) is 6.38. The Kier molecular flexibility index (Phi) is 6.27. The molecule has 0 saturated carbocycles. The van der Waals surface area contributed by atoms with E-state index in [1.807, 2.05) is 15.9 Å². The molecule has 152 valence electrons. The summed E-state index contributed by atoms with van der Waals surface area (Å²) in [5.41, 5.74) is 1.36. The standard InChI is InChI=1S/C22H31N3O3/c26-21-16-19(17-25(21)20-7-14-28-15-8-20)22(27)24-12-10-23(11-13-24)9-6-18-4-2-1-3-5-18/h1-5,19-20H,6-17H2. The summed E-state index contributed by atoms with van der Waals surface area (Å²) in [4.78, 5) is 31.8. The fourth-order valence-corrected chi connectivity index (χ4v) is 4.63. The van der Waals surface area contributed by atoms with Crippen LogP contribution in [0.4, 0.5) is 0 Å². The molecular weight excluding hydrogens is 354 g/mol. The summed E-state index contributed by atoms with van der Waals surface area (Å²) < 4.78 is 5.40. The van der Waals surface area contributed by atoms with Gasteiger partial charge in [-0.05, 0) is 24.8 Å². The Hall–Kier alpha value is -1.92. The second-order valence-electron chi connectivity index (χ2n) is 8.19. The van der Waals surface area contributed by atoms with Crippen LogP contribution in [0.5, 0.6) is 0 Å². The molecule has 0 bridgehead atoms. The molecule has 3 aliphatic heterocycles. The molecule has 0 N–H and O–H groups in total. The number of ether oxygens (including phenoxy) is 1. The first-order chi connectivity index (χ1) is 13.7. The highest BCUT2D eigenvalue weighted by atomic mass is 16.5. The van der Waals surface area contributed by atoms with Crippen molar-refractivity contribution in [2.75, 3.05) is 52.5 Å². The summed E-state index contributed by atoms with van der Waals surface area (Å²) in [5.74, 6) is 0.156. The Morgan fingerprint density at radius 1 is 1.04 bits per heavy atom. The van der Waals surface area contributed by atoms with Crippen LogP contribution in [0.25, 0.3) is 0 Å². The minimum Gasteiger partial charge on any atom is -0.381 e. The van der Waals surface area contributed by atoms with Gasteiger partial charge < -0.3 is 14.5 Å². The molecule has 0 aliphatic carbocycles. The smallest absolute Gasteiger partial charge is 0.228 e. The van der Waals surface area contributed by atoms with Crippen LogP contribution in [0.15, 0.2) is 30.3 Å². The molecule has 3 fully saturated rings. The minimum absolute atomic E-state index is 0.145. The van der Waals surface area contributed by atoms with E-state index >= 15 is 0 Å². The zero-order chi connectivity index (χ0) is 19.3. The Balaban J connectivity index is 1.23.